The van der Waals surface area contributed by atoms with E-state index in [0.29, 0.717) is 31.3 Å². The lowest BCUT2D eigenvalue weighted by molar-refractivity contribution is 0.0683. The van der Waals surface area contributed by atoms with Gasteiger partial charge in [0.15, 0.2) is 5.82 Å². The maximum Gasteiger partial charge on any atom is 0.228 e. The van der Waals surface area contributed by atoms with Gasteiger partial charge in [0.05, 0.1) is 6.61 Å². The number of nitrogens with one attached hydrogen (secondary N) is 1. The molecule has 1 N–H and O–H groups in total. The van der Waals surface area contributed by atoms with Crippen LogP contribution in [-0.4, -0.2) is 43.6 Å². The summed E-state index contributed by atoms with van der Waals surface area (Å²) in [7, 11) is 3.55. The van der Waals surface area contributed by atoms with Crippen molar-refractivity contribution in [3.8, 4) is 0 Å². The second-order valence-corrected chi connectivity index (χ2v) is 3.79. The molecular weight excluding hydrogens is 222 g/mol. The van der Waals surface area contributed by atoms with Gasteiger partial charge in [0.25, 0.3) is 0 Å². The topological polar surface area (TPSA) is 69.4 Å². The molecular formula is C11H21N3O3. The standard InChI is InChI=1S/C11H21N3O3/c1-5-16-8(2)11-13-10(17-14-11)6-9(12-3)7-15-4/h8-9,12H,5-7H2,1-4H3. The number of nitrogens with zero attached hydrogens (tertiary/aromatic N) is 2. The van der Waals surface area contributed by atoms with Crippen LogP contribution in [0.2, 0.25) is 0 Å². The number of hydrogen-bond acceptors (Lipinski definition) is 6. The molecule has 0 aliphatic rings. The minimum Gasteiger partial charge on any atom is -0.383 e. The second-order valence-electron chi connectivity index (χ2n) is 3.79. The highest BCUT2D eigenvalue weighted by molar-refractivity contribution is 4.92. The monoisotopic (exact) mass is 243 g/mol. The molecule has 1 aromatic rings. The van der Waals surface area contributed by atoms with Crippen LogP contribution < -0.4 is 5.32 Å². The summed E-state index contributed by atoms with van der Waals surface area (Å²) in [6.45, 7) is 5.08. The van der Waals surface area contributed by atoms with Crippen LogP contribution in [0, 0.1) is 0 Å². The van der Waals surface area contributed by atoms with Gasteiger partial charge in [-0.2, -0.15) is 4.98 Å². The number of hydrogen-bond donors (Lipinski definition) is 1. The van der Waals surface area contributed by atoms with Crippen LogP contribution in [0.1, 0.15) is 31.7 Å². The van der Waals surface area contributed by atoms with Gasteiger partial charge in [0, 0.05) is 26.2 Å². The molecule has 6 nitrogen and oxygen atoms in total. The van der Waals surface area contributed by atoms with Gasteiger partial charge >= 0.3 is 0 Å². The lowest BCUT2D eigenvalue weighted by atomic mass is 10.2. The molecule has 0 saturated heterocycles. The van der Waals surface area contributed by atoms with Crippen LogP contribution in [0.15, 0.2) is 4.52 Å². The van der Waals surface area contributed by atoms with Gasteiger partial charge in [-0.05, 0) is 20.9 Å². The fourth-order valence-corrected chi connectivity index (χ4v) is 1.50. The molecule has 0 aliphatic carbocycles. The predicted molar refractivity (Wildman–Crippen MR) is 62.8 cm³/mol. The largest absolute Gasteiger partial charge is 0.383 e. The molecule has 1 heterocycles. The molecule has 1 rings (SSSR count). The van der Waals surface area contributed by atoms with Gasteiger partial charge in [-0.15, -0.1) is 0 Å². The number of aromatic nitrogens is 2. The van der Waals surface area contributed by atoms with Crippen molar-refractivity contribution in [3.63, 3.8) is 0 Å². The number of rotatable bonds is 8. The first-order chi connectivity index (χ1) is 8.21. The molecule has 0 amide bonds. The Bertz CT molecular complexity index is 317. The summed E-state index contributed by atoms with van der Waals surface area (Å²) in [5.41, 5.74) is 0. The highest BCUT2D eigenvalue weighted by atomic mass is 16.5. The third kappa shape index (κ3) is 4.41. The number of likely N-dealkylation sites (N-methyl/N-ethyl adjacent to an activating group) is 1. The van der Waals surface area contributed by atoms with Gasteiger partial charge in [-0.25, -0.2) is 0 Å². The van der Waals surface area contributed by atoms with E-state index in [-0.39, 0.29) is 12.1 Å². The number of methoxy groups -OCH3 is 1. The van der Waals surface area contributed by atoms with E-state index in [1.54, 1.807) is 7.11 Å². The average molecular weight is 243 g/mol. The van der Waals surface area contributed by atoms with Crippen LogP contribution >= 0.6 is 0 Å². The van der Waals surface area contributed by atoms with E-state index < -0.39 is 0 Å². The van der Waals surface area contributed by atoms with Crippen LogP contribution in [0.3, 0.4) is 0 Å². The smallest absolute Gasteiger partial charge is 0.228 e. The van der Waals surface area contributed by atoms with Crippen molar-refractivity contribution in [3.05, 3.63) is 11.7 Å². The van der Waals surface area contributed by atoms with Crippen molar-refractivity contribution in [2.75, 3.05) is 27.4 Å². The Kier molecular flexibility index (Phi) is 6.10. The summed E-state index contributed by atoms with van der Waals surface area (Å²) in [5, 5.41) is 7.03. The molecule has 0 radical (unpaired) electrons. The van der Waals surface area contributed by atoms with Crippen LogP contribution in [0.4, 0.5) is 0 Å². The molecule has 2 unspecified atom stereocenters. The molecule has 17 heavy (non-hydrogen) atoms. The highest BCUT2D eigenvalue weighted by Gasteiger charge is 2.16. The van der Waals surface area contributed by atoms with Crippen molar-refractivity contribution in [2.45, 2.75) is 32.4 Å². The molecule has 0 bridgehead atoms. The van der Waals surface area contributed by atoms with E-state index in [9.17, 15) is 0 Å². The van der Waals surface area contributed by atoms with Crippen molar-refractivity contribution in [1.29, 1.82) is 0 Å². The lowest BCUT2D eigenvalue weighted by Gasteiger charge is -2.11. The van der Waals surface area contributed by atoms with E-state index >= 15 is 0 Å². The molecule has 0 fully saturated rings. The first-order valence-corrected chi connectivity index (χ1v) is 5.81. The van der Waals surface area contributed by atoms with Crippen LogP contribution in [0.5, 0.6) is 0 Å². The Labute approximate surface area is 102 Å². The predicted octanol–water partition coefficient (Wildman–Crippen LogP) is 0.944. The maximum atomic E-state index is 5.39. The van der Waals surface area contributed by atoms with E-state index in [2.05, 4.69) is 15.5 Å². The van der Waals surface area contributed by atoms with Crippen molar-refractivity contribution in [1.82, 2.24) is 15.5 Å². The summed E-state index contributed by atoms with van der Waals surface area (Å²) < 4.78 is 15.7. The third-order valence-electron chi connectivity index (χ3n) is 2.46. The van der Waals surface area contributed by atoms with Gasteiger partial charge in [-0.1, -0.05) is 5.16 Å². The molecule has 0 aromatic carbocycles. The first-order valence-electron chi connectivity index (χ1n) is 5.81. The summed E-state index contributed by atoms with van der Waals surface area (Å²) in [5.74, 6) is 1.19. The Morgan fingerprint density at radius 1 is 1.47 bits per heavy atom. The van der Waals surface area contributed by atoms with Gasteiger partial charge < -0.3 is 19.3 Å². The normalized spacial score (nSPS) is 14.8. The SMILES string of the molecule is CCOC(C)c1noc(CC(COC)NC)n1. The maximum absolute atomic E-state index is 5.39. The summed E-state index contributed by atoms with van der Waals surface area (Å²) in [6.07, 6.45) is 0.517. The zero-order valence-electron chi connectivity index (χ0n) is 10.9. The Morgan fingerprint density at radius 2 is 2.24 bits per heavy atom. The summed E-state index contributed by atoms with van der Waals surface area (Å²) in [6, 6.07) is 0.177. The molecule has 6 heteroatoms. The first kappa shape index (κ1) is 14.1. The highest BCUT2D eigenvalue weighted by Crippen LogP contribution is 2.13. The third-order valence-corrected chi connectivity index (χ3v) is 2.46. The molecule has 2 atom stereocenters. The van der Waals surface area contributed by atoms with Gasteiger partial charge in [0.2, 0.25) is 5.89 Å². The second kappa shape index (κ2) is 7.37. The number of ether oxygens (including phenoxy) is 2. The lowest BCUT2D eigenvalue weighted by Crippen LogP contribution is -2.32. The molecule has 0 aliphatic heterocycles. The van der Waals surface area contributed by atoms with E-state index in [1.165, 1.54) is 0 Å². The zero-order valence-corrected chi connectivity index (χ0v) is 10.9. The minimum absolute atomic E-state index is 0.132. The molecule has 0 saturated carbocycles. The van der Waals surface area contributed by atoms with Gasteiger partial charge in [-0.3, -0.25) is 0 Å². The summed E-state index contributed by atoms with van der Waals surface area (Å²) in [4.78, 5) is 4.30. The zero-order chi connectivity index (χ0) is 12.7. The molecule has 1 aromatic heterocycles. The average Bonchev–Trinajstić information content (AvgIpc) is 2.77. The van der Waals surface area contributed by atoms with Crippen LogP contribution in [-0.2, 0) is 15.9 Å². The Hall–Kier alpha value is -0.980. The van der Waals surface area contributed by atoms with E-state index in [0.717, 1.165) is 0 Å². The molecule has 0 spiro atoms. The molecule has 98 valence electrons. The van der Waals surface area contributed by atoms with Crippen LogP contribution in [0.25, 0.3) is 0 Å². The quantitative estimate of drug-likeness (QED) is 0.733. The fourth-order valence-electron chi connectivity index (χ4n) is 1.50. The van der Waals surface area contributed by atoms with Crippen molar-refractivity contribution in [2.24, 2.45) is 0 Å². The van der Waals surface area contributed by atoms with Gasteiger partial charge in [0.1, 0.15) is 6.10 Å². The Morgan fingerprint density at radius 3 is 2.82 bits per heavy atom. The van der Waals surface area contributed by atoms with Crippen molar-refractivity contribution >= 4 is 0 Å². The van der Waals surface area contributed by atoms with E-state index in [4.69, 9.17) is 14.0 Å². The summed E-state index contributed by atoms with van der Waals surface area (Å²) >= 11 is 0. The minimum atomic E-state index is -0.132. The fraction of sp³-hybridized carbons (Fsp3) is 0.818. The van der Waals surface area contributed by atoms with Crippen molar-refractivity contribution < 1.29 is 14.0 Å². The Balaban J connectivity index is 2.55. The van der Waals surface area contributed by atoms with E-state index in [1.807, 2.05) is 20.9 Å².